The summed E-state index contributed by atoms with van der Waals surface area (Å²) in [6, 6.07) is 7.33. The lowest BCUT2D eigenvalue weighted by molar-refractivity contribution is 0.757. The third kappa shape index (κ3) is 2.07. The molecule has 2 N–H and O–H groups in total. The third-order valence-corrected chi connectivity index (χ3v) is 3.25. The number of nitrogens with zero attached hydrogens (tertiary/aromatic N) is 4. The minimum absolute atomic E-state index is 0.153. The Morgan fingerprint density at radius 2 is 2.16 bits per heavy atom. The summed E-state index contributed by atoms with van der Waals surface area (Å²) < 4.78 is 1.67. The second-order valence-electron chi connectivity index (χ2n) is 4.34. The van der Waals surface area contributed by atoms with Gasteiger partial charge in [0.05, 0.1) is 28.1 Å². The molecule has 96 valence electrons. The van der Waals surface area contributed by atoms with E-state index in [0.29, 0.717) is 5.02 Å². The van der Waals surface area contributed by atoms with Crippen LogP contribution in [-0.4, -0.2) is 20.0 Å². The normalized spacial score (nSPS) is 12.8. The van der Waals surface area contributed by atoms with Crippen molar-refractivity contribution in [3.63, 3.8) is 0 Å². The quantitative estimate of drug-likeness (QED) is 0.779. The Morgan fingerprint density at radius 3 is 2.89 bits per heavy atom. The molecule has 5 nitrogen and oxygen atoms in total. The monoisotopic (exact) mass is 273 g/mol. The SMILES string of the molecule is CC(N)c1cn(-c2ccc(Cl)c3cccnc23)nn1. The zero-order valence-corrected chi connectivity index (χ0v) is 11.0. The summed E-state index contributed by atoms with van der Waals surface area (Å²) in [5, 5.41) is 9.69. The number of hydrogen-bond donors (Lipinski definition) is 1. The first-order valence-electron chi connectivity index (χ1n) is 5.88. The summed E-state index contributed by atoms with van der Waals surface area (Å²) in [6.07, 6.45) is 3.54. The Morgan fingerprint density at radius 1 is 1.32 bits per heavy atom. The Bertz CT molecular complexity index is 735. The summed E-state index contributed by atoms with van der Waals surface area (Å²) >= 11 is 6.17. The molecule has 0 aliphatic heterocycles. The summed E-state index contributed by atoms with van der Waals surface area (Å²) in [5.74, 6) is 0. The molecule has 6 heteroatoms. The molecule has 0 radical (unpaired) electrons. The largest absolute Gasteiger partial charge is 0.323 e. The Hall–Kier alpha value is -1.98. The van der Waals surface area contributed by atoms with E-state index in [0.717, 1.165) is 22.3 Å². The van der Waals surface area contributed by atoms with Crippen LogP contribution in [0, 0.1) is 0 Å². The summed E-state index contributed by atoms with van der Waals surface area (Å²) in [7, 11) is 0. The fourth-order valence-electron chi connectivity index (χ4n) is 1.91. The standard InChI is InChI=1S/C13H12ClN5/c1-8(15)11-7-19(18-17-11)12-5-4-10(14)9-3-2-6-16-13(9)12/h2-8H,15H2,1H3. The van der Waals surface area contributed by atoms with Crippen LogP contribution in [0.25, 0.3) is 16.6 Å². The first-order chi connectivity index (χ1) is 9.16. The van der Waals surface area contributed by atoms with E-state index in [-0.39, 0.29) is 6.04 Å². The zero-order valence-electron chi connectivity index (χ0n) is 10.3. The van der Waals surface area contributed by atoms with Gasteiger partial charge in [0.25, 0.3) is 0 Å². The third-order valence-electron chi connectivity index (χ3n) is 2.92. The average molecular weight is 274 g/mol. The van der Waals surface area contributed by atoms with E-state index in [1.807, 2.05) is 37.4 Å². The molecular formula is C13H12ClN5. The first-order valence-corrected chi connectivity index (χ1v) is 6.26. The molecule has 1 aromatic carbocycles. The highest BCUT2D eigenvalue weighted by Gasteiger charge is 2.11. The number of rotatable bonds is 2. The lowest BCUT2D eigenvalue weighted by Gasteiger charge is -2.06. The summed E-state index contributed by atoms with van der Waals surface area (Å²) in [5.41, 5.74) is 8.15. The molecule has 0 saturated heterocycles. The van der Waals surface area contributed by atoms with Gasteiger partial charge in [-0.2, -0.15) is 0 Å². The van der Waals surface area contributed by atoms with Crippen molar-refractivity contribution in [3.8, 4) is 5.69 Å². The molecular weight excluding hydrogens is 262 g/mol. The predicted octanol–water partition coefficient (Wildman–Crippen LogP) is 2.49. The van der Waals surface area contributed by atoms with E-state index in [2.05, 4.69) is 15.3 Å². The van der Waals surface area contributed by atoms with Gasteiger partial charge in [0.1, 0.15) is 0 Å². The Labute approximate surface area is 115 Å². The maximum absolute atomic E-state index is 6.17. The van der Waals surface area contributed by atoms with Gasteiger partial charge in [0, 0.05) is 17.6 Å². The van der Waals surface area contributed by atoms with Crippen molar-refractivity contribution in [1.29, 1.82) is 0 Å². The van der Waals surface area contributed by atoms with Crippen molar-refractivity contribution in [1.82, 2.24) is 20.0 Å². The number of pyridine rings is 1. The van der Waals surface area contributed by atoms with Crippen molar-refractivity contribution in [2.75, 3.05) is 0 Å². The van der Waals surface area contributed by atoms with Gasteiger partial charge in [-0.25, -0.2) is 4.68 Å². The molecule has 0 fully saturated rings. The molecule has 19 heavy (non-hydrogen) atoms. The number of halogens is 1. The van der Waals surface area contributed by atoms with E-state index in [1.54, 1.807) is 10.9 Å². The van der Waals surface area contributed by atoms with E-state index in [4.69, 9.17) is 17.3 Å². The van der Waals surface area contributed by atoms with E-state index >= 15 is 0 Å². The highest BCUT2D eigenvalue weighted by atomic mass is 35.5. The minimum atomic E-state index is -0.153. The molecule has 0 bridgehead atoms. The molecule has 0 saturated carbocycles. The fourth-order valence-corrected chi connectivity index (χ4v) is 2.13. The Kier molecular flexibility index (Phi) is 2.93. The number of nitrogens with two attached hydrogens (primary N) is 1. The van der Waals surface area contributed by atoms with Crippen molar-refractivity contribution in [2.24, 2.45) is 5.73 Å². The van der Waals surface area contributed by atoms with E-state index in [9.17, 15) is 0 Å². The number of aromatic nitrogens is 4. The molecule has 2 heterocycles. The van der Waals surface area contributed by atoms with Crippen LogP contribution in [0.3, 0.4) is 0 Å². The maximum atomic E-state index is 6.17. The van der Waals surface area contributed by atoms with Gasteiger partial charge in [-0.3, -0.25) is 4.98 Å². The summed E-state index contributed by atoms with van der Waals surface area (Å²) in [4.78, 5) is 4.37. The van der Waals surface area contributed by atoms with Crippen LogP contribution >= 0.6 is 11.6 Å². The van der Waals surface area contributed by atoms with Crippen molar-refractivity contribution in [3.05, 3.63) is 47.4 Å². The smallest absolute Gasteiger partial charge is 0.0995 e. The molecule has 3 rings (SSSR count). The predicted molar refractivity (Wildman–Crippen MR) is 74.3 cm³/mol. The van der Waals surface area contributed by atoms with Crippen LogP contribution in [0.2, 0.25) is 5.02 Å². The minimum Gasteiger partial charge on any atom is -0.323 e. The van der Waals surface area contributed by atoms with Crippen molar-refractivity contribution < 1.29 is 0 Å². The van der Waals surface area contributed by atoms with Gasteiger partial charge >= 0.3 is 0 Å². The highest BCUT2D eigenvalue weighted by Crippen LogP contribution is 2.26. The molecule has 3 aromatic rings. The molecule has 0 amide bonds. The summed E-state index contributed by atoms with van der Waals surface area (Å²) in [6.45, 7) is 1.87. The van der Waals surface area contributed by atoms with Gasteiger partial charge in [-0.05, 0) is 31.2 Å². The molecule has 0 aliphatic carbocycles. The maximum Gasteiger partial charge on any atom is 0.0995 e. The van der Waals surface area contributed by atoms with Crippen LogP contribution in [0.5, 0.6) is 0 Å². The van der Waals surface area contributed by atoms with Gasteiger partial charge in [0.15, 0.2) is 0 Å². The number of fused-ring (bicyclic) bond motifs is 1. The lowest BCUT2D eigenvalue weighted by Crippen LogP contribution is -2.04. The molecule has 2 aromatic heterocycles. The van der Waals surface area contributed by atoms with Gasteiger partial charge in [-0.1, -0.05) is 16.8 Å². The first kappa shape index (κ1) is 12.1. The van der Waals surface area contributed by atoms with E-state index in [1.165, 1.54) is 0 Å². The van der Waals surface area contributed by atoms with Gasteiger partial charge in [0.2, 0.25) is 0 Å². The molecule has 0 aliphatic rings. The van der Waals surface area contributed by atoms with Crippen LogP contribution < -0.4 is 5.73 Å². The fraction of sp³-hybridized carbons (Fsp3) is 0.154. The number of benzene rings is 1. The topological polar surface area (TPSA) is 69.6 Å². The average Bonchev–Trinajstić information content (AvgIpc) is 2.89. The van der Waals surface area contributed by atoms with Gasteiger partial charge < -0.3 is 5.73 Å². The second kappa shape index (κ2) is 4.60. The highest BCUT2D eigenvalue weighted by molar-refractivity contribution is 6.35. The van der Waals surface area contributed by atoms with Gasteiger partial charge in [-0.15, -0.1) is 5.10 Å². The molecule has 0 spiro atoms. The zero-order chi connectivity index (χ0) is 13.4. The number of hydrogen-bond acceptors (Lipinski definition) is 4. The van der Waals surface area contributed by atoms with Crippen LogP contribution in [0.1, 0.15) is 18.7 Å². The molecule has 1 unspecified atom stereocenters. The van der Waals surface area contributed by atoms with Crippen LogP contribution in [-0.2, 0) is 0 Å². The second-order valence-corrected chi connectivity index (χ2v) is 4.75. The van der Waals surface area contributed by atoms with Crippen LogP contribution in [0.4, 0.5) is 0 Å². The van der Waals surface area contributed by atoms with Crippen molar-refractivity contribution in [2.45, 2.75) is 13.0 Å². The van der Waals surface area contributed by atoms with Crippen LogP contribution in [0.15, 0.2) is 36.7 Å². The lowest BCUT2D eigenvalue weighted by atomic mass is 10.2. The van der Waals surface area contributed by atoms with E-state index < -0.39 is 0 Å². The Balaban J connectivity index is 2.22. The van der Waals surface area contributed by atoms with Crippen molar-refractivity contribution >= 4 is 22.5 Å². The molecule has 1 atom stereocenters.